The minimum absolute atomic E-state index is 0.174. The van der Waals surface area contributed by atoms with Crippen molar-refractivity contribution < 1.29 is 9.18 Å². The van der Waals surface area contributed by atoms with Gasteiger partial charge in [-0.25, -0.2) is 9.37 Å². The molecule has 1 heterocycles. The van der Waals surface area contributed by atoms with Crippen molar-refractivity contribution in [1.29, 1.82) is 0 Å². The highest BCUT2D eigenvalue weighted by molar-refractivity contribution is 5.94. The summed E-state index contributed by atoms with van der Waals surface area (Å²) in [6.45, 7) is 0.225. The lowest BCUT2D eigenvalue weighted by Gasteiger charge is -2.18. The van der Waals surface area contributed by atoms with E-state index in [-0.39, 0.29) is 18.3 Å². The standard InChI is InChI=1S/C15H16FN3O/c1-17-14-9-11(7-8-18-14)15(20)19(2)10-12-5-3-4-6-13(12)16/h3-9H,10H2,1-2H3,(H,17,18). The first-order chi connectivity index (χ1) is 9.61. The van der Waals surface area contributed by atoms with Crippen LogP contribution in [-0.4, -0.2) is 29.9 Å². The molecular formula is C15H16FN3O. The third kappa shape index (κ3) is 3.12. The molecule has 0 aliphatic rings. The SMILES string of the molecule is CNc1cc(C(=O)N(C)Cc2ccccc2F)ccn1. The minimum atomic E-state index is -0.308. The fourth-order valence-electron chi connectivity index (χ4n) is 1.87. The van der Waals surface area contributed by atoms with Crippen LogP contribution in [-0.2, 0) is 6.54 Å². The highest BCUT2D eigenvalue weighted by Gasteiger charge is 2.14. The lowest BCUT2D eigenvalue weighted by molar-refractivity contribution is 0.0784. The molecule has 1 aromatic carbocycles. The zero-order valence-electron chi connectivity index (χ0n) is 11.4. The molecule has 2 aromatic rings. The smallest absolute Gasteiger partial charge is 0.254 e. The summed E-state index contributed by atoms with van der Waals surface area (Å²) in [5.74, 6) is 0.139. The number of aromatic nitrogens is 1. The van der Waals surface area contributed by atoms with E-state index in [1.807, 2.05) is 0 Å². The maximum absolute atomic E-state index is 13.6. The van der Waals surface area contributed by atoms with Gasteiger partial charge in [-0.15, -0.1) is 0 Å². The number of anilines is 1. The second kappa shape index (κ2) is 6.14. The fourth-order valence-corrected chi connectivity index (χ4v) is 1.87. The zero-order valence-corrected chi connectivity index (χ0v) is 11.4. The van der Waals surface area contributed by atoms with E-state index < -0.39 is 0 Å². The van der Waals surface area contributed by atoms with E-state index in [4.69, 9.17) is 0 Å². The summed E-state index contributed by atoms with van der Waals surface area (Å²) in [6.07, 6.45) is 1.57. The van der Waals surface area contributed by atoms with E-state index in [0.717, 1.165) is 0 Å². The van der Waals surface area contributed by atoms with Gasteiger partial charge in [0.15, 0.2) is 0 Å². The average Bonchev–Trinajstić information content (AvgIpc) is 2.48. The highest BCUT2D eigenvalue weighted by atomic mass is 19.1. The maximum atomic E-state index is 13.6. The van der Waals surface area contributed by atoms with Gasteiger partial charge >= 0.3 is 0 Å². The lowest BCUT2D eigenvalue weighted by Crippen LogP contribution is -2.26. The Morgan fingerprint density at radius 3 is 2.80 bits per heavy atom. The lowest BCUT2D eigenvalue weighted by atomic mass is 10.2. The molecule has 0 spiro atoms. The minimum Gasteiger partial charge on any atom is -0.373 e. The van der Waals surface area contributed by atoms with E-state index in [2.05, 4.69) is 10.3 Å². The Morgan fingerprint density at radius 2 is 2.10 bits per heavy atom. The molecule has 5 heteroatoms. The molecule has 4 nitrogen and oxygen atoms in total. The van der Waals surface area contributed by atoms with E-state index in [9.17, 15) is 9.18 Å². The van der Waals surface area contributed by atoms with Gasteiger partial charge in [0.25, 0.3) is 5.91 Å². The molecule has 1 aromatic heterocycles. The number of halogens is 1. The van der Waals surface area contributed by atoms with Crippen LogP contribution in [0.4, 0.5) is 10.2 Å². The number of amides is 1. The van der Waals surface area contributed by atoms with Crippen LogP contribution in [0.1, 0.15) is 15.9 Å². The number of carbonyl (C=O) groups excluding carboxylic acids is 1. The summed E-state index contributed by atoms with van der Waals surface area (Å²) >= 11 is 0. The van der Waals surface area contributed by atoms with Gasteiger partial charge in [-0.2, -0.15) is 0 Å². The quantitative estimate of drug-likeness (QED) is 0.931. The Kier molecular flexibility index (Phi) is 4.30. The summed E-state index contributed by atoms with van der Waals surface area (Å²) < 4.78 is 13.6. The second-order valence-electron chi connectivity index (χ2n) is 4.43. The van der Waals surface area contributed by atoms with Gasteiger partial charge in [0.2, 0.25) is 0 Å². The molecule has 0 radical (unpaired) electrons. The van der Waals surface area contributed by atoms with Crippen LogP contribution in [0.5, 0.6) is 0 Å². The van der Waals surface area contributed by atoms with Gasteiger partial charge in [0.05, 0.1) is 0 Å². The summed E-state index contributed by atoms with van der Waals surface area (Å²) in [4.78, 5) is 17.8. The van der Waals surface area contributed by atoms with Gasteiger partial charge < -0.3 is 10.2 Å². The van der Waals surface area contributed by atoms with Crippen LogP contribution in [0.25, 0.3) is 0 Å². The van der Waals surface area contributed by atoms with Crippen molar-refractivity contribution in [3.8, 4) is 0 Å². The van der Waals surface area contributed by atoms with E-state index >= 15 is 0 Å². The topological polar surface area (TPSA) is 45.2 Å². The first-order valence-corrected chi connectivity index (χ1v) is 6.24. The van der Waals surface area contributed by atoms with Gasteiger partial charge in [0, 0.05) is 38.0 Å². The van der Waals surface area contributed by atoms with Crippen LogP contribution in [0.2, 0.25) is 0 Å². The molecule has 2 rings (SSSR count). The molecule has 0 aliphatic heterocycles. The van der Waals surface area contributed by atoms with E-state index in [1.54, 1.807) is 50.6 Å². The molecule has 1 amide bonds. The van der Waals surface area contributed by atoms with Crippen molar-refractivity contribution in [3.05, 3.63) is 59.5 Å². The number of carbonyl (C=O) groups is 1. The molecular weight excluding hydrogens is 257 g/mol. The largest absolute Gasteiger partial charge is 0.373 e. The number of nitrogens with zero attached hydrogens (tertiary/aromatic N) is 2. The van der Waals surface area contributed by atoms with Crippen molar-refractivity contribution >= 4 is 11.7 Å². The number of nitrogens with one attached hydrogen (secondary N) is 1. The van der Waals surface area contributed by atoms with E-state index in [0.29, 0.717) is 16.9 Å². The molecule has 0 unspecified atom stereocenters. The summed E-state index contributed by atoms with van der Waals surface area (Å²) in [5.41, 5.74) is 1.01. The first kappa shape index (κ1) is 14.0. The fraction of sp³-hybridized carbons (Fsp3) is 0.200. The third-order valence-electron chi connectivity index (χ3n) is 2.98. The highest BCUT2D eigenvalue weighted by Crippen LogP contribution is 2.13. The summed E-state index contributed by atoms with van der Waals surface area (Å²) in [7, 11) is 3.38. The Labute approximate surface area is 117 Å². The number of hydrogen-bond donors (Lipinski definition) is 1. The summed E-state index contributed by atoms with van der Waals surface area (Å²) in [6, 6.07) is 9.75. The van der Waals surface area contributed by atoms with Crippen LogP contribution >= 0.6 is 0 Å². The van der Waals surface area contributed by atoms with Gasteiger partial charge in [-0.1, -0.05) is 18.2 Å². The molecule has 0 atom stereocenters. The number of pyridine rings is 1. The Morgan fingerprint density at radius 1 is 1.35 bits per heavy atom. The maximum Gasteiger partial charge on any atom is 0.254 e. The second-order valence-corrected chi connectivity index (χ2v) is 4.43. The van der Waals surface area contributed by atoms with Crippen molar-refractivity contribution in [2.75, 3.05) is 19.4 Å². The molecule has 0 aliphatic carbocycles. The monoisotopic (exact) mass is 273 g/mol. The Bertz CT molecular complexity index is 616. The number of hydrogen-bond acceptors (Lipinski definition) is 3. The molecule has 0 saturated carbocycles. The first-order valence-electron chi connectivity index (χ1n) is 6.24. The van der Waals surface area contributed by atoms with Crippen molar-refractivity contribution in [2.45, 2.75) is 6.54 Å². The van der Waals surface area contributed by atoms with Crippen LogP contribution in [0.15, 0.2) is 42.6 Å². The predicted molar refractivity (Wildman–Crippen MR) is 76.0 cm³/mol. The Hall–Kier alpha value is -2.43. The van der Waals surface area contributed by atoms with Crippen molar-refractivity contribution in [2.24, 2.45) is 0 Å². The Balaban J connectivity index is 2.14. The van der Waals surface area contributed by atoms with Crippen LogP contribution in [0.3, 0.4) is 0 Å². The normalized spacial score (nSPS) is 10.2. The number of rotatable bonds is 4. The van der Waals surface area contributed by atoms with Crippen molar-refractivity contribution in [3.63, 3.8) is 0 Å². The number of benzene rings is 1. The van der Waals surface area contributed by atoms with E-state index in [1.165, 1.54) is 11.0 Å². The van der Waals surface area contributed by atoms with Crippen LogP contribution < -0.4 is 5.32 Å². The zero-order chi connectivity index (χ0) is 14.5. The third-order valence-corrected chi connectivity index (χ3v) is 2.98. The molecule has 0 bridgehead atoms. The molecule has 20 heavy (non-hydrogen) atoms. The van der Waals surface area contributed by atoms with Gasteiger partial charge in [-0.3, -0.25) is 4.79 Å². The molecule has 1 N–H and O–H groups in total. The summed E-state index contributed by atoms with van der Waals surface area (Å²) in [5, 5.41) is 2.88. The van der Waals surface area contributed by atoms with Gasteiger partial charge in [-0.05, 0) is 18.2 Å². The van der Waals surface area contributed by atoms with Crippen LogP contribution in [0, 0.1) is 5.82 Å². The molecule has 0 fully saturated rings. The van der Waals surface area contributed by atoms with Gasteiger partial charge in [0.1, 0.15) is 11.6 Å². The molecule has 0 saturated heterocycles. The average molecular weight is 273 g/mol. The molecule has 104 valence electrons. The predicted octanol–water partition coefficient (Wildman–Crippen LogP) is 2.53. The van der Waals surface area contributed by atoms with Crippen molar-refractivity contribution in [1.82, 2.24) is 9.88 Å².